The lowest BCUT2D eigenvalue weighted by Gasteiger charge is -2.42. The zero-order valence-electron chi connectivity index (χ0n) is 14.1. The molecule has 7 nitrogen and oxygen atoms in total. The number of rotatable bonds is 3. The Kier molecular flexibility index (Phi) is 4.98. The molecule has 3 atom stereocenters. The van der Waals surface area contributed by atoms with Crippen molar-refractivity contribution in [3.8, 4) is 0 Å². The van der Waals surface area contributed by atoms with Crippen LogP contribution in [0.5, 0.6) is 0 Å². The first-order valence-electron chi connectivity index (χ1n) is 8.53. The minimum absolute atomic E-state index is 0.0920. The molecule has 1 N–H and O–H groups in total. The molecule has 1 aromatic heterocycles. The summed E-state index contributed by atoms with van der Waals surface area (Å²) in [4.78, 5) is 15.0. The molecule has 1 aromatic rings. The van der Waals surface area contributed by atoms with E-state index in [0.717, 1.165) is 30.0 Å². The summed E-state index contributed by atoms with van der Waals surface area (Å²) in [5.74, 6) is 0.445. The Morgan fingerprint density at radius 3 is 2.88 bits per heavy atom. The highest BCUT2D eigenvalue weighted by Gasteiger charge is 2.44. The van der Waals surface area contributed by atoms with Crippen LogP contribution in [0.3, 0.4) is 0 Å². The molecule has 0 spiro atoms. The van der Waals surface area contributed by atoms with Gasteiger partial charge in [-0.1, -0.05) is 6.92 Å². The first-order valence-corrected chi connectivity index (χ1v) is 9.97. The van der Waals surface area contributed by atoms with Crippen LogP contribution < -0.4 is 4.72 Å². The second-order valence-electron chi connectivity index (χ2n) is 6.55. The molecule has 2 aliphatic heterocycles. The van der Waals surface area contributed by atoms with Gasteiger partial charge in [0.15, 0.2) is 0 Å². The third-order valence-electron chi connectivity index (χ3n) is 5.12. The molecule has 0 radical (unpaired) electrons. The van der Waals surface area contributed by atoms with Gasteiger partial charge in [0.25, 0.3) is 10.2 Å². The zero-order valence-corrected chi connectivity index (χ0v) is 15.0. The number of furan rings is 1. The van der Waals surface area contributed by atoms with Crippen LogP contribution in [-0.4, -0.2) is 49.2 Å². The largest absolute Gasteiger partial charge is 0.468 e. The van der Waals surface area contributed by atoms with E-state index in [-0.39, 0.29) is 11.9 Å². The van der Waals surface area contributed by atoms with Crippen molar-refractivity contribution in [1.29, 1.82) is 0 Å². The van der Waals surface area contributed by atoms with Crippen molar-refractivity contribution in [3.63, 3.8) is 0 Å². The van der Waals surface area contributed by atoms with Crippen molar-refractivity contribution in [2.75, 3.05) is 13.6 Å². The van der Waals surface area contributed by atoms with E-state index >= 15 is 0 Å². The number of carbonyl (C=O) groups excluding carboxylic acids is 1. The zero-order chi connectivity index (χ0) is 17.3. The van der Waals surface area contributed by atoms with Gasteiger partial charge in [0, 0.05) is 19.6 Å². The van der Waals surface area contributed by atoms with E-state index in [1.165, 1.54) is 13.3 Å². The van der Waals surface area contributed by atoms with Crippen molar-refractivity contribution in [1.82, 2.24) is 13.9 Å². The first-order chi connectivity index (χ1) is 11.4. The average molecular weight is 355 g/mol. The van der Waals surface area contributed by atoms with Gasteiger partial charge in [-0.25, -0.2) is 0 Å². The topological polar surface area (TPSA) is 82.9 Å². The predicted octanol–water partition coefficient (Wildman–Crippen LogP) is 1.65. The molecule has 3 rings (SSSR count). The number of carbonyl (C=O) groups is 1. The lowest BCUT2D eigenvalue weighted by atomic mass is 9.97. The van der Waals surface area contributed by atoms with Gasteiger partial charge >= 0.3 is 0 Å². The Morgan fingerprint density at radius 2 is 2.21 bits per heavy atom. The molecule has 24 heavy (non-hydrogen) atoms. The summed E-state index contributed by atoms with van der Waals surface area (Å²) in [6, 6.07) is 2.45. The Bertz CT molecular complexity index is 674. The van der Waals surface area contributed by atoms with Gasteiger partial charge in [-0.15, -0.1) is 0 Å². The van der Waals surface area contributed by atoms with E-state index in [2.05, 4.69) is 11.6 Å². The van der Waals surface area contributed by atoms with Gasteiger partial charge in [-0.2, -0.15) is 17.4 Å². The molecular formula is C16H25N3O4S. The average Bonchev–Trinajstić information content (AvgIpc) is 3.11. The monoisotopic (exact) mass is 355 g/mol. The minimum atomic E-state index is -3.72. The maximum atomic E-state index is 13.1. The summed E-state index contributed by atoms with van der Waals surface area (Å²) in [5.41, 5.74) is 0. The molecule has 0 aromatic carbocycles. The summed E-state index contributed by atoms with van der Waals surface area (Å²) < 4.78 is 34.0. The second-order valence-corrected chi connectivity index (χ2v) is 8.31. The molecule has 134 valence electrons. The third kappa shape index (κ3) is 3.22. The quantitative estimate of drug-likeness (QED) is 0.894. The second kappa shape index (κ2) is 6.85. The van der Waals surface area contributed by atoms with Gasteiger partial charge in [-0.05, 0) is 44.2 Å². The standard InChI is InChI=1S/C16H25N3O4S/c1-3-12-7-4-5-9-19(12)16(20)14-11-13(15-8-6-10-23-15)17-24(21,22)18(14)2/h6,8,10,12-14,17H,3-5,7,9,11H2,1-2H3/t12?,13-,14+/m0/s1. The Hall–Kier alpha value is -1.38. The first kappa shape index (κ1) is 17.4. The number of likely N-dealkylation sites (N-methyl/N-ethyl adjacent to an activating group) is 1. The van der Waals surface area contributed by atoms with Crippen molar-refractivity contribution < 1.29 is 17.6 Å². The van der Waals surface area contributed by atoms with Crippen molar-refractivity contribution in [2.45, 2.75) is 57.2 Å². The van der Waals surface area contributed by atoms with Gasteiger partial charge < -0.3 is 9.32 Å². The maximum absolute atomic E-state index is 13.1. The van der Waals surface area contributed by atoms with E-state index in [9.17, 15) is 13.2 Å². The van der Waals surface area contributed by atoms with E-state index in [1.54, 1.807) is 12.1 Å². The maximum Gasteiger partial charge on any atom is 0.280 e. The van der Waals surface area contributed by atoms with Crippen LogP contribution in [0.25, 0.3) is 0 Å². The van der Waals surface area contributed by atoms with Crippen LogP contribution >= 0.6 is 0 Å². The highest BCUT2D eigenvalue weighted by Crippen LogP contribution is 2.30. The predicted molar refractivity (Wildman–Crippen MR) is 89.3 cm³/mol. The fourth-order valence-electron chi connectivity index (χ4n) is 3.68. The fourth-order valence-corrected chi connectivity index (χ4v) is 4.93. The van der Waals surface area contributed by atoms with Gasteiger partial charge in [-0.3, -0.25) is 4.79 Å². The van der Waals surface area contributed by atoms with E-state index in [0.29, 0.717) is 18.7 Å². The smallest absolute Gasteiger partial charge is 0.280 e. The molecule has 3 heterocycles. The normalized spacial score (nSPS) is 31.1. The molecule has 0 aliphatic carbocycles. The summed E-state index contributed by atoms with van der Waals surface area (Å²) >= 11 is 0. The van der Waals surface area contributed by atoms with Crippen LogP contribution in [-0.2, 0) is 15.0 Å². The summed E-state index contributed by atoms with van der Waals surface area (Å²) in [6.07, 6.45) is 5.87. The molecule has 1 unspecified atom stereocenters. The highest BCUT2D eigenvalue weighted by atomic mass is 32.2. The number of hydrogen-bond acceptors (Lipinski definition) is 4. The molecule has 2 saturated heterocycles. The molecule has 2 aliphatic rings. The highest BCUT2D eigenvalue weighted by molar-refractivity contribution is 7.87. The van der Waals surface area contributed by atoms with Crippen molar-refractivity contribution >= 4 is 16.1 Å². The Labute approximate surface area is 143 Å². The van der Waals surface area contributed by atoms with Gasteiger partial charge in [0.05, 0.1) is 12.3 Å². The number of nitrogens with zero attached hydrogens (tertiary/aromatic N) is 2. The summed E-state index contributed by atoms with van der Waals surface area (Å²) in [7, 11) is -2.25. The van der Waals surface area contributed by atoms with Crippen molar-refractivity contribution in [2.24, 2.45) is 0 Å². The number of piperidine rings is 1. The SMILES string of the molecule is CCC1CCCCN1C(=O)[C@H]1C[C@@H](c2ccco2)NS(=O)(=O)N1C. The van der Waals surface area contributed by atoms with Crippen LogP contribution in [0.15, 0.2) is 22.8 Å². The molecule has 1 amide bonds. The Balaban J connectivity index is 1.85. The van der Waals surface area contributed by atoms with Crippen LogP contribution in [0.4, 0.5) is 0 Å². The molecule has 2 fully saturated rings. The Morgan fingerprint density at radius 1 is 1.42 bits per heavy atom. The summed E-state index contributed by atoms with van der Waals surface area (Å²) in [5, 5.41) is 0. The van der Waals surface area contributed by atoms with E-state index in [1.807, 2.05) is 4.90 Å². The van der Waals surface area contributed by atoms with Crippen molar-refractivity contribution in [3.05, 3.63) is 24.2 Å². The van der Waals surface area contributed by atoms with Gasteiger partial charge in [0.1, 0.15) is 11.8 Å². The number of nitrogens with one attached hydrogen (secondary N) is 1. The lowest BCUT2D eigenvalue weighted by molar-refractivity contribution is -0.139. The van der Waals surface area contributed by atoms with Crippen LogP contribution in [0.2, 0.25) is 0 Å². The molecule has 8 heteroatoms. The number of likely N-dealkylation sites (tertiary alicyclic amines) is 1. The third-order valence-corrected chi connectivity index (χ3v) is 6.72. The number of amides is 1. The van der Waals surface area contributed by atoms with Crippen LogP contribution in [0, 0.1) is 0 Å². The molecular weight excluding hydrogens is 330 g/mol. The van der Waals surface area contributed by atoms with Crippen LogP contribution in [0.1, 0.15) is 50.8 Å². The molecule has 0 bridgehead atoms. The fraction of sp³-hybridized carbons (Fsp3) is 0.688. The number of hydrogen-bond donors (Lipinski definition) is 1. The lowest BCUT2D eigenvalue weighted by Crippen LogP contribution is -2.59. The minimum Gasteiger partial charge on any atom is -0.468 e. The summed E-state index contributed by atoms with van der Waals surface area (Å²) in [6.45, 7) is 2.78. The van der Waals surface area contributed by atoms with Gasteiger partial charge in [0.2, 0.25) is 5.91 Å². The van der Waals surface area contributed by atoms with E-state index < -0.39 is 22.3 Å². The molecule has 0 saturated carbocycles. The van der Waals surface area contributed by atoms with E-state index in [4.69, 9.17) is 4.42 Å².